The number of benzene rings is 7. The van der Waals surface area contributed by atoms with Crippen LogP contribution in [0.3, 0.4) is 0 Å². The summed E-state index contributed by atoms with van der Waals surface area (Å²) in [7, 11) is 0. The van der Waals surface area contributed by atoms with E-state index in [1.807, 2.05) is 48.5 Å². The van der Waals surface area contributed by atoms with Gasteiger partial charge in [0.05, 0.1) is 5.52 Å². The average molecular weight is 623 g/mol. The molecule has 7 aromatic carbocycles. The first-order chi connectivity index (χ1) is 23.6. The predicted molar refractivity (Wildman–Crippen MR) is 204 cm³/mol. The molecule has 0 spiro atoms. The second-order valence-electron chi connectivity index (χ2n) is 11.9. The van der Waals surface area contributed by atoms with Crippen molar-refractivity contribution in [1.82, 2.24) is 4.98 Å². The molecule has 8 rings (SSSR count). The van der Waals surface area contributed by atoms with Gasteiger partial charge >= 0.3 is 0 Å². The Morgan fingerprint density at radius 2 is 0.854 bits per heavy atom. The third-order valence-corrected chi connectivity index (χ3v) is 8.63. The van der Waals surface area contributed by atoms with E-state index in [0.29, 0.717) is 0 Å². The van der Waals surface area contributed by atoms with Gasteiger partial charge in [-0.25, -0.2) is 0 Å². The van der Waals surface area contributed by atoms with Crippen LogP contribution in [0.4, 0.5) is 51.2 Å². The highest BCUT2D eigenvalue weighted by atomic mass is 15.1. The number of nitrogens with two attached hydrogens (primary N) is 2. The van der Waals surface area contributed by atoms with Gasteiger partial charge in [-0.15, -0.1) is 0 Å². The molecular formula is C42H34N6. The van der Waals surface area contributed by atoms with E-state index in [9.17, 15) is 0 Å². The van der Waals surface area contributed by atoms with Crippen molar-refractivity contribution in [2.24, 2.45) is 0 Å². The molecule has 0 amide bonds. The van der Waals surface area contributed by atoms with Crippen molar-refractivity contribution in [3.63, 3.8) is 0 Å². The molecule has 1 aromatic heterocycles. The topological polar surface area (TPSA) is 95.1 Å². The lowest BCUT2D eigenvalue weighted by molar-refractivity contribution is 1.28. The fourth-order valence-corrected chi connectivity index (χ4v) is 6.20. The fraction of sp³-hybridized carbons (Fsp3) is 0. The summed E-state index contributed by atoms with van der Waals surface area (Å²) < 4.78 is 0. The lowest BCUT2D eigenvalue weighted by atomic mass is 10.0. The van der Waals surface area contributed by atoms with Crippen LogP contribution in [-0.2, 0) is 0 Å². The number of para-hydroxylation sites is 2. The van der Waals surface area contributed by atoms with Gasteiger partial charge in [-0.2, -0.15) is 0 Å². The summed E-state index contributed by atoms with van der Waals surface area (Å²) in [6, 6.07) is 56.2. The summed E-state index contributed by atoms with van der Waals surface area (Å²) in [5, 5.41) is 9.40. The molecule has 8 aromatic rings. The summed E-state index contributed by atoms with van der Waals surface area (Å²) in [6.07, 6.45) is 0. The fourth-order valence-electron chi connectivity index (χ4n) is 6.20. The Kier molecular flexibility index (Phi) is 7.36. The minimum absolute atomic E-state index is 0.741. The second-order valence-corrected chi connectivity index (χ2v) is 11.9. The quantitative estimate of drug-likeness (QED) is 0.109. The smallest absolute Gasteiger partial charge is 0.0544 e. The first-order valence-corrected chi connectivity index (χ1v) is 15.9. The van der Waals surface area contributed by atoms with E-state index in [1.54, 1.807) is 0 Å². The Morgan fingerprint density at radius 3 is 1.38 bits per heavy atom. The molecule has 232 valence electrons. The van der Waals surface area contributed by atoms with E-state index < -0.39 is 0 Å². The summed E-state index contributed by atoms with van der Waals surface area (Å²) >= 11 is 0. The Morgan fingerprint density at radius 1 is 0.417 bits per heavy atom. The number of aromatic amines is 1. The number of aromatic nitrogens is 1. The van der Waals surface area contributed by atoms with Crippen molar-refractivity contribution in [3.05, 3.63) is 164 Å². The van der Waals surface area contributed by atoms with Crippen molar-refractivity contribution < 1.29 is 0 Å². The van der Waals surface area contributed by atoms with Crippen LogP contribution in [0.15, 0.2) is 164 Å². The van der Waals surface area contributed by atoms with E-state index >= 15 is 0 Å². The monoisotopic (exact) mass is 622 g/mol. The Labute approximate surface area is 279 Å². The lowest BCUT2D eigenvalue weighted by Crippen LogP contribution is -2.10. The van der Waals surface area contributed by atoms with Crippen LogP contribution in [0, 0.1) is 0 Å². The highest BCUT2D eigenvalue weighted by molar-refractivity contribution is 6.11. The van der Waals surface area contributed by atoms with Crippen LogP contribution < -0.4 is 27.0 Å². The van der Waals surface area contributed by atoms with Crippen LogP contribution >= 0.6 is 0 Å². The van der Waals surface area contributed by atoms with Gasteiger partial charge in [0.25, 0.3) is 0 Å². The molecule has 0 unspecified atom stereocenters. The Balaban J connectivity index is 1.13. The molecule has 0 saturated carbocycles. The normalized spacial score (nSPS) is 11.1. The molecule has 0 atom stereocenters. The summed E-state index contributed by atoms with van der Waals surface area (Å²) in [5.74, 6) is 0. The molecule has 0 fully saturated rings. The first-order valence-electron chi connectivity index (χ1n) is 15.9. The highest BCUT2D eigenvalue weighted by Crippen LogP contribution is 2.39. The number of anilines is 9. The second kappa shape index (κ2) is 12.3. The van der Waals surface area contributed by atoms with E-state index in [2.05, 4.69) is 136 Å². The van der Waals surface area contributed by atoms with Gasteiger partial charge in [-0.1, -0.05) is 48.5 Å². The highest BCUT2D eigenvalue weighted by Gasteiger charge is 2.15. The molecule has 0 aliphatic carbocycles. The van der Waals surface area contributed by atoms with Crippen LogP contribution in [0.5, 0.6) is 0 Å². The molecule has 0 aliphatic rings. The standard InChI is InChI=1S/C42H34N6/c43-29-10-14-31(15-11-29)45-33-18-24-36(25-19-33)48(37-26-20-34(21-27-37)46-32-16-12-30(44)13-17-32)35-22-8-28(9-23-35)38-5-3-6-40-39-4-1-2-7-41(39)47-42(38)40/h1-27,45-47H,43-44H2. The van der Waals surface area contributed by atoms with Gasteiger partial charge in [-0.3, -0.25) is 0 Å². The van der Waals surface area contributed by atoms with Gasteiger partial charge in [0, 0.05) is 73.0 Å². The average Bonchev–Trinajstić information content (AvgIpc) is 3.51. The molecule has 6 nitrogen and oxygen atoms in total. The summed E-state index contributed by atoms with van der Waals surface area (Å²) in [6.45, 7) is 0. The van der Waals surface area contributed by atoms with E-state index in [0.717, 1.165) is 67.8 Å². The number of fused-ring (bicyclic) bond motifs is 3. The lowest BCUT2D eigenvalue weighted by Gasteiger charge is -2.26. The minimum atomic E-state index is 0.741. The number of hydrogen-bond donors (Lipinski definition) is 5. The number of nitrogen functional groups attached to an aromatic ring is 2. The SMILES string of the molecule is Nc1ccc(Nc2ccc(N(c3ccc(Nc4ccc(N)cc4)cc3)c3ccc(-c4cccc5c4[nH]c4ccccc45)cc3)cc2)cc1. The van der Waals surface area contributed by atoms with Crippen molar-refractivity contribution in [3.8, 4) is 11.1 Å². The minimum Gasteiger partial charge on any atom is -0.399 e. The zero-order valence-electron chi connectivity index (χ0n) is 26.2. The van der Waals surface area contributed by atoms with Crippen molar-refractivity contribution >= 4 is 73.0 Å². The molecule has 7 N–H and O–H groups in total. The zero-order chi connectivity index (χ0) is 32.5. The number of rotatable bonds is 8. The Bertz CT molecular complexity index is 2230. The maximum absolute atomic E-state index is 5.88. The molecule has 6 heteroatoms. The van der Waals surface area contributed by atoms with Crippen LogP contribution in [0.2, 0.25) is 0 Å². The molecule has 0 saturated heterocycles. The molecule has 0 bridgehead atoms. The summed E-state index contributed by atoms with van der Waals surface area (Å²) in [4.78, 5) is 5.92. The van der Waals surface area contributed by atoms with E-state index in [-0.39, 0.29) is 0 Å². The van der Waals surface area contributed by atoms with Crippen molar-refractivity contribution in [1.29, 1.82) is 0 Å². The van der Waals surface area contributed by atoms with Crippen LogP contribution in [0.1, 0.15) is 0 Å². The maximum Gasteiger partial charge on any atom is 0.0544 e. The third kappa shape index (κ3) is 5.74. The molecule has 48 heavy (non-hydrogen) atoms. The molecular weight excluding hydrogens is 589 g/mol. The van der Waals surface area contributed by atoms with E-state index in [4.69, 9.17) is 11.5 Å². The Hall–Kier alpha value is -6.66. The molecule has 1 heterocycles. The van der Waals surface area contributed by atoms with Crippen molar-refractivity contribution in [2.45, 2.75) is 0 Å². The van der Waals surface area contributed by atoms with Crippen molar-refractivity contribution in [2.75, 3.05) is 27.0 Å². The molecule has 0 aliphatic heterocycles. The number of nitrogens with one attached hydrogen (secondary N) is 3. The predicted octanol–water partition coefficient (Wildman–Crippen LogP) is 11.1. The zero-order valence-corrected chi connectivity index (χ0v) is 26.2. The largest absolute Gasteiger partial charge is 0.399 e. The van der Waals surface area contributed by atoms with Crippen LogP contribution in [-0.4, -0.2) is 4.98 Å². The van der Waals surface area contributed by atoms with Gasteiger partial charge in [0.15, 0.2) is 0 Å². The van der Waals surface area contributed by atoms with E-state index in [1.165, 1.54) is 16.3 Å². The molecule has 0 radical (unpaired) electrons. The van der Waals surface area contributed by atoms with Gasteiger partial charge in [-0.05, 0) is 121 Å². The number of hydrogen-bond acceptors (Lipinski definition) is 5. The number of H-pyrrole nitrogens is 1. The van der Waals surface area contributed by atoms with Gasteiger partial charge in [0.1, 0.15) is 0 Å². The van der Waals surface area contributed by atoms with Gasteiger partial charge < -0.3 is 32.0 Å². The number of nitrogens with zero attached hydrogens (tertiary/aromatic N) is 1. The third-order valence-electron chi connectivity index (χ3n) is 8.63. The summed E-state index contributed by atoms with van der Waals surface area (Å²) in [5.41, 5.74) is 25.0. The first kappa shape index (κ1) is 28.8. The van der Waals surface area contributed by atoms with Crippen LogP contribution in [0.25, 0.3) is 32.9 Å². The maximum atomic E-state index is 5.88. The van der Waals surface area contributed by atoms with Gasteiger partial charge in [0.2, 0.25) is 0 Å².